The Bertz CT molecular complexity index is 447. The Labute approximate surface area is 95.9 Å². The quantitative estimate of drug-likeness (QED) is 0.645. The van der Waals surface area contributed by atoms with Gasteiger partial charge in [0.2, 0.25) is 0 Å². The van der Waals surface area contributed by atoms with Crippen molar-refractivity contribution in [1.82, 2.24) is 0 Å². The summed E-state index contributed by atoms with van der Waals surface area (Å²) in [4.78, 5) is 12.6. The Kier molecular flexibility index (Phi) is 2.75. The Morgan fingerprint density at radius 3 is 2.00 bits per heavy atom. The van der Waals surface area contributed by atoms with E-state index in [1.54, 1.807) is 12.2 Å². The first kappa shape index (κ1) is 10.8. The van der Waals surface area contributed by atoms with Gasteiger partial charge in [0.1, 0.15) is 0 Å². The molecule has 0 aromatic carbocycles. The summed E-state index contributed by atoms with van der Waals surface area (Å²) in [5.74, 6) is 0.0888. The number of carbonyl (C=O) groups is 1. The van der Waals surface area contributed by atoms with Crippen LogP contribution in [0.25, 0.3) is 0 Å². The van der Waals surface area contributed by atoms with Gasteiger partial charge in [0, 0.05) is 0 Å². The van der Waals surface area contributed by atoms with Crippen molar-refractivity contribution >= 4 is 5.78 Å². The summed E-state index contributed by atoms with van der Waals surface area (Å²) >= 11 is 0. The third-order valence-corrected chi connectivity index (χ3v) is 2.85. The van der Waals surface area contributed by atoms with Crippen molar-refractivity contribution in [3.05, 3.63) is 59.0 Å². The fourth-order valence-corrected chi connectivity index (χ4v) is 2.10. The lowest BCUT2D eigenvalue weighted by molar-refractivity contribution is -0.766. The fourth-order valence-electron chi connectivity index (χ4n) is 2.10. The molecule has 0 radical (unpaired) electrons. The Morgan fingerprint density at radius 2 is 1.50 bits per heavy atom. The molecule has 0 bridgehead atoms. The van der Waals surface area contributed by atoms with E-state index in [0.29, 0.717) is 0 Å². The van der Waals surface area contributed by atoms with Crippen molar-refractivity contribution in [3.8, 4) is 0 Å². The van der Waals surface area contributed by atoms with Crippen LogP contribution in [0, 0.1) is 0 Å². The fraction of sp³-hybridized carbons (Fsp3) is 0.214. The van der Waals surface area contributed by atoms with Crippen molar-refractivity contribution in [2.75, 3.05) is 7.05 Å². The molecule has 1 N–H and O–H groups in total. The molecule has 2 aliphatic rings. The van der Waals surface area contributed by atoms with Crippen molar-refractivity contribution in [1.29, 1.82) is 0 Å². The molecule has 0 saturated carbocycles. The molecule has 2 rings (SSSR count). The van der Waals surface area contributed by atoms with Gasteiger partial charge in [-0.05, 0) is 60.4 Å². The highest BCUT2D eigenvalue weighted by Gasteiger charge is 2.15. The number of nitrogens with one attached hydrogen (secondary N) is 1. The maximum Gasteiger partial charge on any atom is 0.179 e. The predicted molar refractivity (Wildman–Crippen MR) is 64.7 cm³/mol. The minimum Gasteiger partial charge on any atom is -0.290 e. The van der Waals surface area contributed by atoms with Gasteiger partial charge in [-0.1, -0.05) is 0 Å². The normalized spacial score (nSPS) is 24.7. The molecule has 0 unspecified atom stereocenters. The van der Waals surface area contributed by atoms with E-state index in [1.165, 1.54) is 16.0 Å². The van der Waals surface area contributed by atoms with Crippen LogP contribution in [0.15, 0.2) is 59.0 Å². The van der Waals surface area contributed by atoms with E-state index < -0.39 is 0 Å². The Hall–Kier alpha value is -1.67. The van der Waals surface area contributed by atoms with Gasteiger partial charge in [0.25, 0.3) is 0 Å². The SMILES string of the molecule is CC1=CC(=O)C=C(C)C1=C1C=C[NH+](C)C=C1. The van der Waals surface area contributed by atoms with Crippen LogP contribution < -0.4 is 4.90 Å². The monoisotopic (exact) mass is 214 g/mol. The molecular formula is C14H16NO+. The number of ketones is 1. The summed E-state index contributed by atoms with van der Waals surface area (Å²) in [6, 6.07) is 0. The van der Waals surface area contributed by atoms with E-state index >= 15 is 0 Å². The van der Waals surface area contributed by atoms with Crippen molar-refractivity contribution < 1.29 is 9.69 Å². The maximum atomic E-state index is 11.3. The zero-order valence-corrected chi connectivity index (χ0v) is 9.87. The third-order valence-electron chi connectivity index (χ3n) is 2.85. The molecule has 2 heteroatoms. The molecule has 0 amide bonds. The molecule has 1 heterocycles. The molecule has 0 atom stereocenters. The summed E-state index contributed by atoms with van der Waals surface area (Å²) in [5.41, 5.74) is 4.46. The first-order valence-electron chi connectivity index (χ1n) is 5.43. The predicted octanol–water partition coefficient (Wildman–Crippen LogP) is 1.31. The van der Waals surface area contributed by atoms with Crippen molar-refractivity contribution in [3.63, 3.8) is 0 Å². The average molecular weight is 214 g/mol. The standard InChI is InChI=1S/C14H15NO/c1-10-8-13(16)9-11(2)14(10)12-4-6-15(3)7-5-12/h4-9H,1-3H3/p+1. The molecule has 0 saturated heterocycles. The molecular weight excluding hydrogens is 198 g/mol. The second-order valence-electron chi connectivity index (χ2n) is 4.30. The molecule has 16 heavy (non-hydrogen) atoms. The van der Waals surface area contributed by atoms with Crippen molar-refractivity contribution in [2.45, 2.75) is 13.8 Å². The summed E-state index contributed by atoms with van der Waals surface area (Å²) < 4.78 is 0. The topological polar surface area (TPSA) is 21.5 Å². The van der Waals surface area contributed by atoms with Crippen molar-refractivity contribution in [2.24, 2.45) is 0 Å². The molecule has 1 aliphatic heterocycles. The number of allylic oxidation sites excluding steroid dienone is 8. The molecule has 1 aliphatic carbocycles. The second-order valence-corrected chi connectivity index (χ2v) is 4.30. The lowest BCUT2D eigenvalue weighted by atomic mass is 9.89. The lowest BCUT2D eigenvalue weighted by Crippen LogP contribution is -2.99. The van der Waals surface area contributed by atoms with Gasteiger partial charge in [-0.15, -0.1) is 0 Å². The van der Waals surface area contributed by atoms with Gasteiger partial charge in [-0.3, -0.25) is 9.69 Å². The first-order valence-corrected chi connectivity index (χ1v) is 5.43. The first-order chi connectivity index (χ1) is 7.58. The van der Waals surface area contributed by atoms with E-state index in [2.05, 4.69) is 31.6 Å². The maximum absolute atomic E-state index is 11.3. The van der Waals surface area contributed by atoms with Crippen LogP contribution in [0.3, 0.4) is 0 Å². The Morgan fingerprint density at radius 1 is 1.00 bits per heavy atom. The highest BCUT2D eigenvalue weighted by molar-refractivity contribution is 6.03. The summed E-state index contributed by atoms with van der Waals surface area (Å²) in [7, 11) is 2.07. The van der Waals surface area contributed by atoms with Gasteiger partial charge in [-0.25, -0.2) is 0 Å². The number of hydrogen-bond donors (Lipinski definition) is 1. The summed E-state index contributed by atoms with van der Waals surface area (Å²) in [5, 5.41) is 0. The summed E-state index contributed by atoms with van der Waals surface area (Å²) in [6.07, 6.45) is 11.8. The van der Waals surface area contributed by atoms with Crippen LogP contribution >= 0.6 is 0 Å². The molecule has 2 nitrogen and oxygen atoms in total. The third kappa shape index (κ3) is 1.97. The van der Waals surface area contributed by atoms with Gasteiger partial charge >= 0.3 is 0 Å². The van der Waals surface area contributed by atoms with Crippen LogP contribution in [0.5, 0.6) is 0 Å². The van der Waals surface area contributed by atoms with E-state index in [4.69, 9.17) is 0 Å². The van der Waals surface area contributed by atoms with Crippen LogP contribution in [0.4, 0.5) is 0 Å². The van der Waals surface area contributed by atoms with E-state index in [1.807, 2.05) is 13.8 Å². The lowest BCUT2D eigenvalue weighted by Gasteiger charge is -2.17. The Balaban J connectivity index is 2.48. The number of hydrogen-bond acceptors (Lipinski definition) is 1. The van der Waals surface area contributed by atoms with E-state index in [9.17, 15) is 4.79 Å². The second kappa shape index (κ2) is 4.06. The highest BCUT2D eigenvalue weighted by Crippen LogP contribution is 2.27. The number of quaternary nitrogens is 1. The minimum absolute atomic E-state index is 0.0888. The van der Waals surface area contributed by atoms with Crippen LogP contribution in [-0.4, -0.2) is 12.8 Å². The molecule has 0 spiro atoms. The average Bonchev–Trinajstić information content (AvgIpc) is 2.19. The molecule has 0 fully saturated rings. The minimum atomic E-state index is 0.0888. The smallest absolute Gasteiger partial charge is 0.179 e. The van der Waals surface area contributed by atoms with Gasteiger partial charge in [-0.2, -0.15) is 0 Å². The molecule has 82 valence electrons. The number of carbonyl (C=O) groups excluding carboxylic acids is 1. The molecule has 0 aromatic heterocycles. The van der Waals surface area contributed by atoms with E-state index in [-0.39, 0.29) is 5.78 Å². The van der Waals surface area contributed by atoms with Crippen LogP contribution in [0.1, 0.15) is 13.8 Å². The van der Waals surface area contributed by atoms with Gasteiger partial charge in [0.15, 0.2) is 5.78 Å². The van der Waals surface area contributed by atoms with E-state index in [0.717, 1.165) is 11.1 Å². The molecule has 0 aromatic rings. The zero-order valence-electron chi connectivity index (χ0n) is 9.87. The number of rotatable bonds is 0. The highest BCUT2D eigenvalue weighted by atomic mass is 16.1. The van der Waals surface area contributed by atoms with Gasteiger partial charge < -0.3 is 0 Å². The van der Waals surface area contributed by atoms with Gasteiger partial charge in [0.05, 0.1) is 19.4 Å². The zero-order chi connectivity index (χ0) is 11.7. The van der Waals surface area contributed by atoms with Crippen LogP contribution in [-0.2, 0) is 4.79 Å². The largest absolute Gasteiger partial charge is 0.290 e. The van der Waals surface area contributed by atoms with Crippen LogP contribution in [0.2, 0.25) is 0 Å². The summed E-state index contributed by atoms with van der Waals surface area (Å²) in [6.45, 7) is 3.98.